The molecular formula is C24H30N4O3. The lowest BCUT2D eigenvalue weighted by Gasteiger charge is -2.37. The van der Waals surface area contributed by atoms with Gasteiger partial charge in [-0.15, -0.1) is 0 Å². The molecule has 1 aromatic heterocycles. The van der Waals surface area contributed by atoms with Gasteiger partial charge in [0.15, 0.2) is 0 Å². The number of aromatic nitrogens is 1. The van der Waals surface area contributed by atoms with Gasteiger partial charge in [0, 0.05) is 51.0 Å². The van der Waals surface area contributed by atoms with E-state index in [1.54, 1.807) is 4.90 Å². The molecule has 0 radical (unpaired) electrons. The molecular weight excluding hydrogens is 392 g/mol. The molecule has 4 unspecified atom stereocenters. The average molecular weight is 423 g/mol. The normalized spacial score (nSPS) is 30.3. The number of piperidine rings is 1. The number of amides is 3. The van der Waals surface area contributed by atoms with Crippen LogP contribution in [0.25, 0.3) is 0 Å². The summed E-state index contributed by atoms with van der Waals surface area (Å²) in [6, 6.07) is 6.15. The van der Waals surface area contributed by atoms with E-state index in [-0.39, 0.29) is 54.0 Å². The minimum Gasteiger partial charge on any atom is -0.341 e. The minimum absolute atomic E-state index is 0.111. The number of carbonyl (C=O) groups is 3. The number of hydrogen-bond acceptors (Lipinski definition) is 5. The second-order valence-corrected chi connectivity index (χ2v) is 9.41. The van der Waals surface area contributed by atoms with E-state index in [0.29, 0.717) is 0 Å². The maximum absolute atomic E-state index is 12.9. The summed E-state index contributed by atoms with van der Waals surface area (Å²) < 4.78 is 0. The Hall–Kier alpha value is -2.54. The highest BCUT2D eigenvalue weighted by molar-refractivity contribution is 6.08. The molecule has 4 atom stereocenters. The number of likely N-dealkylation sites (N-methyl/N-ethyl adjacent to an activating group) is 1. The van der Waals surface area contributed by atoms with Gasteiger partial charge in [-0.2, -0.15) is 0 Å². The summed E-state index contributed by atoms with van der Waals surface area (Å²) in [7, 11) is 1.81. The quantitative estimate of drug-likeness (QED) is 0.511. The van der Waals surface area contributed by atoms with Crippen LogP contribution in [0.15, 0.2) is 36.5 Å². The van der Waals surface area contributed by atoms with Crippen LogP contribution in [0.5, 0.6) is 0 Å². The fourth-order valence-electron chi connectivity index (χ4n) is 5.92. The highest BCUT2D eigenvalue weighted by Crippen LogP contribution is 2.52. The third kappa shape index (κ3) is 3.69. The zero-order valence-corrected chi connectivity index (χ0v) is 18.0. The van der Waals surface area contributed by atoms with Crippen molar-refractivity contribution in [3.8, 4) is 0 Å². The molecule has 164 valence electrons. The first-order chi connectivity index (χ1) is 15.0. The van der Waals surface area contributed by atoms with Gasteiger partial charge in [-0.05, 0) is 43.2 Å². The summed E-state index contributed by atoms with van der Waals surface area (Å²) in [6.07, 6.45) is 9.64. The van der Waals surface area contributed by atoms with Crippen molar-refractivity contribution in [3.63, 3.8) is 0 Å². The SMILES string of the molecule is CN(C(=O)CN1C(=O)C2C3C=CC(C3)C2C1=O)C1CCN(CCc2ccccn2)CC1. The van der Waals surface area contributed by atoms with Crippen LogP contribution in [-0.2, 0) is 20.8 Å². The number of imide groups is 1. The molecule has 2 bridgehead atoms. The van der Waals surface area contributed by atoms with E-state index in [2.05, 4.69) is 28.1 Å². The Balaban J connectivity index is 1.11. The number of nitrogens with zero attached hydrogens (tertiary/aromatic N) is 4. The Morgan fingerprint density at radius 2 is 1.77 bits per heavy atom. The fourth-order valence-corrected chi connectivity index (χ4v) is 5.92. The minimum atomic E-state index is -0.233. The topological polar surface area (TPSA) is 73.8 Å². The van der Waals surface area contributed by atoms with Gasteiger partial charge >= 0.3 is 0 Å². The van der Waals surface area contributed by atoms with E-state index in [1.807, 2.05) is 25.4 Å². The van der Waals surface area contributed by atoms with Crippen LogP contribution in [0.1, 0.15) is 25.0 Å². The predicted octanol–water partition coefficient (Wildman–Crippen LogP) is 1.35. The largest absolute Gasteiger partial charge is 0.341 e. The number of rotatable bonds is 6. The molecule has 31 heavy (non-hydrogen) atoms. The van der Waals surface area contributed by atoms with Crippen LogP contribution in [0.3, 0.4) is 0 Å². The maximum Gasteiger partial charge on any atom is 0.242 e. The van der Waals surface area contributed by atoms with Crippen molar-refractivity contribution in [1.29, 1.82) is 0 Å². The van der Waals surface area contributed by atoms with E-state index < -0.39 is 0 Å². The summed E-state index contributed by atoms with van der Waals surface area (Å²) in [4.78, 5) is 48.4. The number of allylic oxidation sites excluding steroid dienone is 2. The van der Waals surface area contributed by atoms with Crippen LogP contribution in [-0.4, -0.2) is 76.7 Å². The van der Waals surface area contributed by atoms with Crippen LogP contribution in [0.2, 0.25) is 0 Å². The van der Waals surface area contributed by atoms with Crippen LogP contribution >= 0.6 is 0 Å². The first-order valence-corrected chi connectivity index (χ1v) is 11.4. The van der Waals surface area contributed by atoms with Crippen molar-refractivity contribution in [2.45, 2.75) is 31.7 Å². The van der Waals surface area contributed by atoms with E-state index in [9.17, 15) is 14.4 Å². The Bertz CT molecular complexity index is 863. The molecule has 3 fully saturated rings. The first-order valence-electron chi connectivity index (χ1n) is 11.4. The average Bonchev–Trinajstić information content (AvgIpc) is 3.48. The van der Waals surface area contributed by atoms with Gasteiger partial charge < -0.3 is 9.80 Å². The molecule has 2 saturated heterocycles. The third-order valence-electron chi connectivity index (χ3n) is 7.76. The summed E-state index contributed by atoms with van der Waals surface area (Å²) in [6.45, 7) is 2.74. The molecule has 1 saturated carbocycles. The van der Waals surface area contributed by atoms with Crippen molar-refractivity contribution >= 4 is 17.7 Å². The molecule has 3 heterocycles. The van der Waals surface area contributed by atoms with Gasteiger partial charge in [0.25, 0.3) is 0 Å². The predicted molar refractivity (Wildman–Crippen MR) is 115 cm³/mol. The van der Waals surface area contributed by atoms with Crippen LogP contribution < -0.4 is 0 Å². The number of pyridine rings is 1. The molecule has 5 rings (SSSR count). The van der Waals surface area contributed by atoms with Crippen molar-refractivity contribution in [2.24, 2.45) is 23.7 Å². The molecule has 0 spiro atoms. The lowest BCUT2D eigenvalue weighted by Crippen LogP contribution is -2.49. The lowest BCUT2D eigenvalue weighted by molar-refractivity contribution is -0.147. The Labute approximate surface area is 183 Å². The standard InChI is InChI=1S/C24H30N4O3/c1-26(19-8-12-27(13-9-19)11-7-18-4-2-3-10-25-18)20(29)15-28-23(30)21-16-5-6-17(14-16)22(21)24(28)31/h2-6,10,16-17,19,21-22H,7-9,11-15H2,1H3. The van der Waals surface area contributed by atoms with Gasteiger partial charge in [-0.1, -0.05) is 18.2 Å². The summed E-state index contributed by atoms with van der Waals surface area (Å²) in [5, 5.41) is 0. The fraction of sp³-hybridized carbons (Fsp3) is 0.583. The Morgan fingerprint density at radius 3 is 2.39 bits per heavy atom. The third-order valence-corrected chi connectivity index (χ3v) is 7.76. The molecule has 7 nitrogen and oxygen atoms in total. The molecule has 7 heteroatoms. The summed E-state index contributed by atoms with van der Waals surface area (Å²) >= 11 is 0. The smallest absolute Gasteiger partial charge is 0.242 e. The highest BCUT2D eigenvalue weighted by atomic mass is 16.2. The monoisotopic (exact) mass is 422 g/mol. The van der Waals surface area contributed by atoms with Gasteiger partial charge in [-0.25, -0.2) is 0 Å². The summed E-state index contributed by atoms with van der Waals surface area (Å²) in [5.74, 6) is -0.518. The number of hydrogen-bond donors (Lipinski definition) is 0. The molecule has 0 N–H and O–H groups in total. The zero-order chi connectivity index (χ0) is 21.5. The molecule has 3 amide bonds. The van der Waals surface area contributed by atoms with Crippen molar-refractivity contribution in [1.82, 2.24) is 19.7 Å². The summed E-state index contributed by atoms with van der Waals surface area (Å²) in [5.41, 5.74) is 1.10. The van der Waals surface area contributed by atoms with E-state index in [4.69, 9.17) is 0 Å². The van der Waals surface area contributed by atoms with Crippen molar-refractivity contribution in [2.75, 3.05) is 33.2 Å². The molecule has 0 aromatic carbocycles. The van der Waals surface area contributed by atoms with Gasteiger partial charge in [0.05, 0.1) is 11.8 Å². The van der Waals surface area contributed by atoms with Gasteiger partial charge in [0.1, 0.15) is 6.54 Å². The highest BCUT2D eigenvalue weighted by Gasteiger charge is 2.59. The second-order valence-electron chi connectivity index (χ2n) is 9.41. The van der Waals surface area contributed by atoms with E-state index in [0.717, 1.165) is 51.0 Å². The van der Waals surface area contributed by atoms with Gasteiger partial charge in [-0.3, -0.25) is 24.3 Å². The first kappa shape index (κ1) is 20.4. The molecule has 2 aliphatic heterocycles. The van der Waals surface area contributed by atoms with Gasteiger partial charge in [0.2, 0.25) is 17.7 Å². The van der Waals surface area contributed by atoms with Crippen molar-refractivity contribution < 1.29 is 14.4 Å². The van der Waals surface area contributed by atoms with Crippen molar-refractivity contribution in [3.05, 3.63) is 42.2 Å². The number of carbonyl (C=O) groups excluding carboxylic acids is 3. The molecule has 1 aromatic rings. The molecule has 4 aliphatic rings. The number of likely N-dealkylation sites (tertiary alicyclic amines) is 2. The Morgan fingerprint density at radius 1 is 1.10 bits per heavy atom. The number of fused-ring (bicyclic) bond motifs is 5. The van der Waals surface area contributed by atoms with E-state index in [1.165, 1.54) is 4.90 Å². The second kappa shape index (κ2) is 8.19. The molecule has 2 aliphatic carbocycles. The zero-order valence-electron chi connectivity index (χ0n) is 18.0. The Kier molecular flexibility index (Phi) is 5.38. The van der Waals surface area contributed by atoms with E-state index >= 15 is 0 Å². The lowest BCUT2D eigenvalue weighted by atomic mass is 9.85. The maximum atomic E-state index is 12.9. The van der Waals surface area contributed by atoms with Crippen LogP contribution in [0, 0.1) is 23.7 Å². The van der Waals surface area contributed by atoms with Crippen LogP contribution in [0.4, 0.5) is 0 Å².